The van der Waals surface area contributed by atoms with E-state index in [2.05, 4.69) is 10.6 Å². The number of aryl methyl sites for hydroxylation is 1. The van der Waals surface area contributed by atoms with E-state index in [1.54, 1.807) is 35.2 Å². The van der Waals surface area contributed by atoms with Crippen LogP contribution in [-0.4, -0.2) is 17.7 Å². The highest BCUT2D eigenvalue weighted by Crippen LogP contribution is 2.40. The molecule has 4 aromatic rings. The van der Waals surface area contributed by atoms with Gasteiger partial charge in [0, 0.05) is 22.8 Å². The molecule has 1 heterocycles. The number of carbonyl (C=O) groups is 3. The molecular formula is C29H23N3O3. The van der Waals surface area contributed by atoms with Crippen LogP contribution >= 0.6 is 0 Å². The van der Waals surface area contributed by atoms with Gasteiger partial charge in [0.2, 0.25) is 17.7 Å². The number of hydrogen-bond donors (Lipinski definition) is 2. The average molecular weight is 462 g/mol. The Balaban J connectivity index is 1.41. The Morgan fingerprint density at radius 2 is 1.66 bits per heavy atom. The summed E-state index contributed by atoms with van der Waals surface area (Å²) in [5.74, 6) is -0.924. The average Bonchev–Trinajstić information content (AvgIpc) is 2.98. The number of hydrogen-bond acceptors (Lipinski definition) is 3. The molecule has 0 saturated carbocycles. The molecule has 0 bridgehead atoms. The van der Waals surface area contributed by atoms with Crippen LogP contribution in [-0.2, 0) is 14.4 Å². The van der Waals surface area contributed by atoms with Gasteiger partial charge in [-0.05, 0) is 59.8 Å². The molecule has 0 spiro atoms. The van der Waals surface area contributed by atoms with Crippen LogP contribution in [0.4, 0.5) is 22.7 Å². The van der Waals surface area contributed by atoms with Gasteiger partial charge in [-0.25, -0.2) is 0 Å². The maximum Gasteiger partial charge on any atom is 0.248 e. The molecule has 0 saturated heterocycles. The van der Waals surface area contributed by atoms with Crippen molar-refractivity contribution in [1.82, 2.24) is 0 Å². The Morgan fingerprint density at radius 3 is 2.46 bits per heavy atom. The number of rotatable bonds is 4. The van der Waals surface area contributed by atoms with Crippen molar-refractivity contribution in [1.29, 1.82) is 0 Å². The van der Waals surface area contributed by atoms with Crippen LogP contribution in [0.1, 0.15) is 17.5 Å². The van der Waals surface area contributed by atoms with E-state index in [-0.39, 0.29) is 24.1 Å². The Labute approximate surface area is 202 Å². The Bertz CT molecular complexity index is 1490. The standard InChI is InChI=1S/C29H23N3O3/c1-19-6-2-3-7-20(19)11-17-26(33)30-22-12-14-23(15-13-22)32-25-16-10-21-8-4-5-9-24(21)29(25)31-27(34)18-28(32)35/h2-17H,18H2,1H3,(H,30,33)(H,31,34)/b17-11+. The lowest BCUT2D eigenvalue weighted by Gasteiger charge is -2.23. The quantitative estimate of drug-likeness (QED) is 0.297. The second-order valence-corrected chi connectivity index (χ2v) is 8.36. The van der Waals surface area contributed by atoms with E-state index < -0.39 is 0 Å². The van der Waals surface area contributed by atoms with E-state index in [0.29, 0.717) is 22.7 Å². The molecule has 0 atom stereocenters. The summed E-state index contributed by atoms with van der Waals surface area (Å²) in [5.41, 5.74) is 4.49. The summed E-state index contributed by atoms with van der Waals surface area (Å²) in [6.07, 6.45) is 3.01. The number of nitrogens with one attached hydrogen (secondary N) is 2. The largest absolute Gasteiger partial charge is 0.323 e. The maximum atomic E-state index is 13.0. The summed E-state index contributed by atoms with van der Waals surface area (Å²) in [6.45, 7) is 1.99. The summed E-state index contributed by atoms with van der Waals surface area (Å²) in [5, 5.41) is 7.57. The predicted octanol–water partition coefficient (Wildman–Crippen LogP) is 5.81. The summed E-state index contributed by atoms with van der Waals surface area (Å²) in [4.78, 5) is 39.4. The summed E-state index contributed by atoms with van der Waals surface area (Å²) in [6, 6.07) is 26.3. The minimum Gasteiger partial charge on any atom is -0.323 e. The smallest absolute Gasteiger partial charge is 0.248 e. The van der Waals surface area contributed by atoms with E-state index >= 15 is 0 Å². The molecule has 6 nitrogen and oxygen atoms in total. The van der Waals surface area contributed by atoms with Crippen LogP contribution in [0.5, 0.6) is 0 Å². The highest BCUT2D eigenvalue weighted by molar-refractivity contribution is 6.21. The molecule has 172 valence electrons. The molecular weight excluding hydrogens is 438 g/mol. The van der Waals surface area contributed by atoms with Gasteiger partial charge in [-0.15, -0.1) is 0 Å². The first-order valence-electron chi connectivity index (χ1n) is 11.3. The van der Waals surface area contributed by atoms with Crippen molar-refractivity contribution < 1.29 is 14.4 Å². The van der Waals surface area contributed by atoms with Crippen molar-refractivity contribution >= 4 is 57.3 Å². The van der Waals surface area contributed by atoms with Crippen molar-refractivity contribution in [3.63, 3.8) is 0 Å². The van der Waals surface area contributed by atoms with Crippen LogP contribution in [0.15, 0.2) is 91.0 Å². The van der Waals surface area contributed by atoms with Gasteiger partial charge in [0.15, 0.2) is 0 Å². The number of nitrogens with zero attached hydrogens (tertiary/aromatic N) is 1. The van der Waals surface area contributed by atoms with Crippen LogP contribution in [0.25, 0.3) is 16.8 Å². The Kier molecular flexibility index (Phi) is 5.85. The van der Waals surface area contributed by atoms with Crippen molar-refractivity contribution in [2.45, 2.75) is 13.3 Å². The minimum absolute atomic E-state index is 0.251. The highest BCUT2D eigenvalue weighted by atomic mass is 16.2. The zero-order chi connectivity index (χ0) is 24.4. The fourth-order valence-electron chi connectivity index (χ4n) is 4.21. The van der Waals surface area contributed by atoms with Crippen molar-refractivity contribution in [2.24, 2.45) is 0 Å². The summed E-state index contributed by atoms with van der Waals surface area (Å²) < 4.78 is 0. The van der Waals surface area contributed by atoms with E-state index in [1.807, 2.05) is 67.6 Å². The molecule has 5 rings (SSSR count). The molecule has 1 aliphatic rings. The van der Waals surface area contributed by atoms with Crippen LogP contribution in [0, 0.1) is 6.92 Å². The molecule has 35 heavy (non-hydrogen) atoms. The second kappa shape index (κ2) is 9.27. The third kappa shape index (κ3) is 4.54. The second-order valence-electron chi connectivity index (χ2n) is 8.36. The summed E-state index contributed by atoms with van der Waals surface area (Å²) in [7, 11) is 0. The zero-order valence-corrected chi connectivity index (χ0v) is 19.1. The van der Waals surface area contributed by atoms with Crippen LogP contribution in [0.3, 0.4) is 0 Å². The SMILES string of the molecule is Cc1ccccc1/C=C/C(=O)Nc1ccc(N2C(=O)CC(=O)Nc3c2ccc2ccccc32)cc1. The van der Waals surface area contributed by atoms with Gasteiger partial charge in [0.25, 0.3) is 0 Å². The molecule has 1 aliphatic heterocycles. The van der Waals surface area contributed by atoms with Crippen molar-refractivity contribution in [2.75, 3.05) is 15.5 Å². The molecule has 3 amide bonds. The Morgan fingerprint density at radius 1 is 0.914 bits per heavy atom. The number of anilines is 4. The minimum atomic E-state index is -0.348. The van der Waals surface area contributed by atoms with Gasteiger partial charge < -0.3 is 10.6 Å². The maximum absolute atomic E-state index is 13.0. The number of amides is 3. The van der Waals surface area contributed by atoms with Crippen molar-refractivity contribution in [3.05, 3.63) is 102 Å². The molecule has 6 heteroatoms. The lowest BCUT2D eigenvalue weighted by atomic mass is 10.1. The molecule has 2 N–H and O–H groups in total. The fourth-order valence-corrected chi connectivity index (χ4v) is 4.21. The number of fused-ring (bicyclic) bond motifs is 3. The number of carbonyl (C=O) groups excluding carboxylic acids is 3. The Hall–Kier alpha value is -4.71. The van der Waals surface area contributed by atoms with Gasteiger partial charge in [0.05, 0.1) is 11.4 Å². The highest BCUT2D eigenvalue weighted by Gasteiger charge is 2.28. The zero-order valence-electron chi connectivity index (χ0n) is 19.1. The monoisotopic (exact) mass is 461 g/mol. The first-order valence-corrected chi connectivity index (χ1v) is 11.3. The molecule has 0 aromatic heterocycles. The summed E-state index contributed by atoms with van der Waals surface area (Å²) >= 11 is 0. The van der Waals surface area contributed by atoms with E-state index in [4.69, 9.17) is 0 Å². The first kappa shape index (κ1) is 22.1. The predicted molar refractivity (Wildman–Crippen MR) is 140 cm³/mol. The topological polar surface area (TPSA) is 78.5 Å². The lowest BCUT2D eigenvalue weighted by Crippen LogP contribution is -2.26. The van der Waals surface area contributed by atoms with Gasteiger partial charge in [-0.2, -0.15) is 0 Å². The molecule has 0 radical (unpaired) electrons. The van der Waals surface area contributed by atoms with Crippen LogP contribution < -0.4 is 15.5 Å². The molecule has 0 aliphatic carbocycles. The normalized spacial score (nSPS) is 13.5. The van der Waals surface area contributed by atoms with Crippen molar-refractivity contribution in [3.8, 4) is 0 Å². The van der Waals surface area contributed by atoms with Crippen LogP contribution in [0.2, 0.25) is 0 Å². The molecule has 0 unspecified atom stereocenters. The third-order valence-corrected chi connectivity index (χ3v) is 5.97. The lowest BCUT2D eigenvalue weighted by molar-refractivity contribution is -0.124. The third-order valence-electron chi connectivity index (χ3n) is 5.97. The van der Waals surface area contributed by atoms with E-state index in [9.17, 15) is 14.4 Å². The van der Waals surface area contributed by atoms with Gasteiger partial charge in [-0.3, -0.25) is 19.3 Å². The number of benzene rings is 4. The van der Waals surface area contributed by atoms with E-state index in [1.165, 1.54) is 6.08 Å². The van der Waals surface area contributed by atoms with Gasteiger partial charge in [0.1, 0.15) is 6.42 Å². The fraction of sp³-hybridized carbons (Fsp3) is 0.0690. The van der Waals surface area contributed by atoms with Gasteiger partial charge >= 0.3 is 0 Å². The first-order chi connectivity index (χ1) is 17.0. The van der Waals surface area contributed by atoms with Gasteiger partial charge in [-0.1, -0.05) is 54.6 Å². The van der Waals surface area contributed by atoms with E-state index in [0.717, 1.165) is 21.9 Å². The molecule has 0 fully saturated rings. The molecule has 4 aromatic carbocycles.